The van der Waals surface area contributed by atoms with E-state index in [4.69, 9.17) is 0 Å². The summed E-state index contributed by atoms with van der Waals surface area (Å²) < 4.78 is 15.2. The molecule has 0 spiro atoms. The number of halogens is 1. The molecule has 0 saturated carbocycles. The highest BCUT2D eigenvalue weighted by molar-refractivity contribution is 5.42. The van der Waals surface area contributed by atoms with E-state index in [0.29, 0.717) is 11.6 Å². The van der Waals surface area contributed by atoms with Gasteiger partial charge in [0, 0.05) is 30.6 Å². The van der Waals surface area contributed by atoms with E-state index in [1.165, 1.54) is 6.07 Å². The number of hydrogen-bond donors (Lipinski definition) is 1. The molecule has 4 heteroatoms. The summed E-state index contributed by atoms with van der Waals surface area (Å²) in [5.74, 6) is 0.205. The van der Waals surface area contributed by atoms with Gasteiger partial charge < -0.3 is 9.72 Å². The predicted molar refractivity (Wildman–Crippen MR) is 55.4 cm³/mol. The van der Waals surface area contributed by atoms with Gasteiger partial charge in [0.1, 0.15) is 0 Å². The van der Waals surface area contributed by atoms with Gasteiger partial charge in [-0.1, -0.05) is 0 Å². The Labute approximate surface area is 86.9 Å². The quantitative estimate of drug-likeness (QED) is 0.765. The Bertz CT molecular complexity index is 486. The van der Waals surface area contributed by atoms with Crippen molar-refractivity contribution < 1.29 is 4.39 Å². The van der Waals surface area contributed by atoms with Crippen LogP contribution < -0.4 is 5.32 Å². The van der Waals surface area contributed by atoms with Crippen molar-refractivity contribution in [2.45, 2.75) is 12.3 Å². The average Bonchev–Trinajstić information content (AvgIpc) is 2.85. The van der Waals surface area contributed by atoms with Gasteiger partial charge in [-0.05, 0) is 25.1 Å². The highest BCUT2D eigenvalue weighted by atomic mass is 19.1. The first kappa shape index (κ1) is 8.85. The van der Waals surface area contributed by atoms with Crippen molar-refractivity contribution in [3.05, 3.63) is 36.0 Å². The predicted octanol–water partition coefficient (Wildman–Crippen LogP) is 1.55. The van der Waals surface area contributed by atoms with Gasteiger partial charge in [0.2, 0.25) is 0 Å². The Hall–Kier alpha value is -1.42. The summed E-state index contributed by atoms with van der Waals surface area (Å²) in [6.07, 6.45) is 4.76. The lowest BCUT2D eigenvalue weighted by Gasteiger charge is -2.07. The van der Waals surface area contributed by atoms with Crippen LogP contribution in [-0.2, 0) is 0 Å². The van der Waals surface area contributed by atoms with Gasteiger partial charge >= 0.3 is 0 Å². The molecule has 1 fully saturated rings. The molecule has 0 radical (unpaired) electrons. The maximum absolute atomic E-state index is 13.4. The topological polar surface area (TPSA) is 29.3 Å². The second-order valence-corrected chi connectivity index (χ2v) is 3.92. The highest BCUT2D eigenvalue weighted by Gasteiger charge is 2.20. The van der Waals surface area contributed by atoms with E-state index in [-0.39, 0.29) is 5.82 Å². The van der Waals surface area contributed by atoms with Crippen LogP contribution in [0.25, 0.3) is 5.65 Å². The molecule has 3 rings (SSSR count). The van der Waals surface area contributed by atoms with Crippen molar-refractivity contribution in [1.82, 2.24) is 14.7 Å². The Balaban J connectivity index is 2.15. The van der Waals surface area contributed by atoms with Gasteiger partial charge in [-0.2, -0.15) is 0 Å². The third-order valence-corrected chi connectivity index (χ3v) is 3.00. The highest BCUT2D eigenvalue weighted by Crippen LogP contribution is 2.23. The summed E-state index contributed by atoms with van der Waals surface area (Å²) >= 11 is 0. The lowest BCUT2D eigenvalue weighted by atomic mass is 10.1. The maximum atomic E-state index is 13.4. The molecule has 3 heterocycles. The first-order chi connectivity index (χ1) is 7.36. The van der Waals surface area contributed by atoms with Crippen LogP contribution in [0.4, 0.5) is 4.39 Å². The van der Waals surface area contributed by atoms with Crippen LogP contribution in [-0.4, -0.2) is 22.5 Å². The lowest BCUT2D eigenvalue weighted by molar-refractivity contribution is 0.627. The SMILES string of the molecule is Fc1cccn2c(C3CCNC3)cnc12. The number of fused-ring (bicyclic) bond motifs is 1. The molecular formula is C11H12FN3. The van der Waals surface area contributed by atoms with Crippen molar-refractivity contribution in [2.24, 2.45) is 0 Å². The number of nitrogens with one attached hydrogen (secondary N) is 1. The molecule has 1 aliphatic heterocycles. The van der Waals surface area contributed by atoms with E-state index in [9.17, 15) is 4.39 Å². The second-order valence-electron chi connectivity index (χ2n) is 3.92. The maximum Gasteiger partial charge on any atom is 0.173 e. The van der Waals surface area contributed by atoms with Gasteiger partial charge in [0.15, 0.2) is 11.5 Å². The second kappa shape index (κ2) is 3.31. The molecule has 2 aromatic heterocycles. The monoisotopic (exact) mass is 205 g/mol. The number of pyridine rings is 1. The number of rotatable bonds is 1. The van der Waals surface area contributed by atoms with Crippen LogP contribution >= 0.6 is 0 Å². The molecule has 1 unspecified atom stereocenters. The summed E-state index contributed by atoms with van der Waals surface area (Å²) in [6.45, 7) is 2.00. The summed E-state index contributed by atoms with van der Waals surface area (Å²) in [5, 5.41) is 3.31. The van der Waals surface area contributed by atoms with Gasteiger partial charge in [0.05, 0.1) is 0 Å². The Morgan fingerprint density at radius 3 is 3.27 bits per heavy atom. The first-order valence-corrected chi connectivity index (χ1v) is 5.18. The third kappa shape index (κ3) is 1.33. The van der Waals surface area contributed by atoms with Crippen LogP contribution in [0.3, 0.4) is 0 Å². The molecule has 0 aromatic carbocycles. The molecule has 0 amide bonds. The van der Waals surface area contributed by atoms with E-state index in [0.717, 1.165) is 25.2 Å². The van der Waals surface area contributed by atoms with Crippen molar-refractivity contribution in [3.8, 4) is 0 Å². The molecule has 0 bridgehead atoms. The molecule has 1 N–H and O–H groups in total. The van der Waals surface area contributed by atoms with Gasteiger partial charge in [-0.15, -0.1) is 0 Å². The van der Waals surface area contributed by atoms with E-state index in [1.807, 2.05) is 10.6 Å². The van der Waals surface area contributed by atoms with Crippen molar-refractivity contribution in [3.63, 3.8) is 0 Å². The minimum atomic E-state index is -0.255. The Kier molecular flexibility index (Phi) is 1.95. The molecule has 2 aromatic rings. The third-order valence-electron chi connectivity index (χ3n) is 3.00. The molecule has 1 aliphatic rings. The molecule has 78 valence electrons. The summed E-state index contributed by atoms with van der Waals surface area (Å²) in [4.78, 5) is 4.12. The van der Waals surface area contributed by atoms with Crippen LogP contribution in [0.15, 0.2) is 24.5 Å². The van der Waals surface area contributed by atoms with E-state index in [2.05, 4.69) is 10.3 Å². The molecular weight excluding hydrogens is 193 g/mol. The summed E-state index contributed by atoms with van der Waals surface area (Å²) in [5.41, 5.74) is 1.54. The van der Waals surface area contributed by atoms with Crippen LogP contribution in [0.2, 0.25) is 0 Å². The Morgan fingerprint density at radius 2 is 2.47 bits per heavy atom. The average molecular weight is 205 g/mol. The molecule has 1 saturated heterocycles. The van der Waals surface area contributed by atoms with Gasteiger partial charge in [-0.25, -0.2) is 9.37 Å². The summed E-state index contributed by atoms with van der Waals surface area (Å²) in [7, 11) is 0. The zero-order valence-electron chi connectivity index (χ0n) is 8.28. The molecule has 0 aliphatic carbocycles. The van der Waals surface area contributed by atoms with Crippen LogP contribution in [0.5, 0.6) is 0 Å². The number of nitrogens with zero attached hydrogens (tertiary/aromatic N) is 2. The van der Waals surface area contributed by atoms with Crippen LogP contribution in [0.1, 0.15) is 18.0 Å². The smallest absolute Gasteiger partial charge is 0.173 e. The van der Waals surface area contributed by atoms with E-state index < -0.39 is 0 Å². The fourth-order valence-corrected chi connectivity index (χ4v) is 2.20. The standard InChI is InChI=1S/C11H12FN3/c12-9-2-1-5-15-10(7-14-11(9)15)8-3-4-13-6-8/h1-2,5,7-8,13H,3-4,6H2. The minimum absolute atomic E-state index is 0.255. The van der Waals surface area contributed by atoms with Crippen molar-refractivity contribution >= 4 is 5.65 Å². The lowest BCUT2D eigenvalue weighted by Crippen LogP contribution is -2.09. The minimum Gasteiger partial charge on any atom is -0.316 e. The first-order valence-electron chi connectivity index (χ1n) is 5.18. The molecule has 1 atom stereocenters. The number of aromatic nitrogens is 2. The normalized spacial score (nSPS) is 21.3. The van der Waals surface area contributed by atoms with Crippen LogP contribution in [0, 0.1) is 5.82 Å². The summed E-state index contributed by atoms with van der Waals surface area (Å²) in [6, 6.07) is 3.16. The fraction of sp³-hybridized carbons (Fsp3) is 0.364. The molecule has 15 heavy (non-hydrogen) atoms. The zero-order chi connectivity index (χ0) is 10.3. The van der Waals surface area contributed by atoms with E-state index >= 15 is 0 Å². The zero-order valence-corrected chi connectivity index (χ0v) is 8.28. The Morgan fingerprint density at radius 1 is 1.53 bits per heavy atom. The number of hydrogen-bond acceptors (Lipinski definition) is 2. The van der Waals surface area contributed by atoms with E-state index in [1.54, 1.807) is 12.3 Å². The van der Waals surface area contributed by atoms with Crippen molar-refractivity contribution in [2.75, 3.05) is 13.1 Å². The molecule has 3 nitrogen and oxygen atoms in total. The van der Waals surface area contributed by atoms with Gasteiger partial charge in [-0.3, -0.25) is 0 Å². The largest absolute Gasteiger partial charge is 0.316 e. The fourth-order valence-electron chi connectivity index (χ4n) is 2.20. The number of imidazole rings is 1. The van der Waals surface area contributed by atoms with Crippen molar-refractivity contribution in [1.29, 1.82) is 0 Å². The van der Waals surface area contributed by atoms with Gasteiger partial charge in [0.25, 0.3) is 0 Å².